The van der Waals surface area contributed by atoms with Crippen molar-refractivity contribution >= 4 is 11.6 Å². The van der Waals surface area contributed by atoms with E-state index in [9.17, 15) is 0 Å². The molecule has 0 saturated heterocycles. The highest BCUT2D eigenvalue weighted by Crippen LogP contribution is 2.33. The molecular formula is C9H7ClO. The van der Waals surface area contributed by atoms with Crippen LogP contribution in [0.5, 0.6) is 5.75 Å². The molecule has 2 rings (SSSR count). The minimum Gasteiger partial charge on any atom is -0.465 e. The number of hydrogen-bond donors (Lipinski definition) is 0. The first-order valence-corrected chi connectivity index (χ1v) is 3.88. The van der Waals surface area contributed by atoms with E-state index in [0.29, 0.717) is 0 Å². The number of allylic oxidation sites excluding steroid dienone is 1. The van der Waals surface area contributed by atoms with Gasteiger partial charge in [0.15, 0.2) is 0 Å². The Morgan fingerprint density at radius 1 is 1.27 bits per heavy atom. The highest BCUT2D eigenvalue weighted by atomic mass is 35.5. The zero-order chi connectivity index (χ0) is 7.68. The van der Waals surface area contributed by atoms with E-state index in [-0.39, 0.29) is 5.38 Å². The molecule has 1 unspecified atom stereocenters. The van der Waals surface area contributed by atoms with Gasteiger partial charge >= 0.3 is 0 Å². The maximum atomic E-state index is 5.98. The maximum Gasteiger partial charge on any atom is 0.131 e. The summed E-state index contributed by atoms with van der Waals surface area (Å²) in [4.78, 5) is 0. The standard InChI is InChI=1S/C9H7ClO/c10-8-5-6-11-9-4-2-1-3-7(8)9/h1-6,8H. The molecule has 1 aliphatic rings. The van der Waals surface area contributed by atoms with E-state index in [1.54, 1.807) is 6.26 Å². The van der Waals surface area contributed by atoms with Crippen LogP contribution in [0.1, 0.15) is 10.9 Å². The molecule has 0 N–H and O–H groups in total. The molecule has 0 spiro atoms. The summed E-state index contributed by atoms with van der Waals surface area (Å²) in [6.07, 6.45) is 3.45. The first-order chi connectivity index (χ1) is 5.38. The van der Waals surface area contributed by atoms with Crippen LogP contribution in [0.3, 0.4) is 0 Å². The molecule has 1 nitrogen and oxygen atoms in total. The summed E-state index contributed by atoms with van der Waals surface area (Å²) in [6, 6.07) is 7.77. The van der Waals surface area contributed by atoms with Gasteiger partial charge < -0.3 is 4.74 Å². The normalized spacial score (nSPS) is 20.6. The fourth-order valence-electron chi connectivity index (χ4n) is 1.10. The van der Waals surface area contributed by atoms with Crippen LogP contribution in [0, 0.1) is 0 Å². The Labute approximate surface area is 70.2 Å². The summed E-state index contributed by atoms with van der Waals surface area (Å²) in [6.45, 7) is 0. The first-order valence-electron chi connectivity index (χ1n) is 3.44. The Balaban J connectivity index is 2.50. The second-order valence-electron chi connectivity index (χ2n) is 2.39. The molecule has 1 aromatic rings. The Hall–Kier alpha value is -0.950. The van der Waals surface area contributed by atoms with E-state index in [4.69, 9.17) is 16.3 Å². The number of hydrogen-bond acceptors (Lipinski definition) is 1. The van der Waals surface area contributed by atoms with Crippen molar-refractivity contribution in [3.8, 4) is 5.75 Å². The third kappa shape index (κ3) is 1.12. The van der Waals surface area contributed by atoms with Gasteiger partial charge in [-0.1, -0.05) is 18.2 Å². The van der Waals surface area contributed by atoms with Gasteiger partial charge in [-0.2, -0.15) is 0 Å². The molecule has 0 aliphatic carbocycles. The molecule has 1 heterocycles. The summed E-state index contributed by atoms with van der Waals surface area (Å²) in [5.41, 5.74) is 1.04. The van der Waals surface area contributed by atoms with Crippen molar-refractivity contribution in [2.24, 2.45) is 0 Å². The lowest BCUT2D eigenvalue weighted by molar-refractivity contribution is 0.463. The number of ether oxygens (including phenoxy) is 1. The lowest BCUT2D eigenvalue weighted by Gasteiger charge is -2.14. The van der Waals surface area contributed by atoms with Crippen LogP contribution in [0.2, 0.25) is 0 Å². The van der Waals surface area contributed by atoms with Crippen molar-refractivity contribution in [2.45, 2.75) is 5.38 Å². The number of benzene rings is 1. The average Bonchev–Trinajstić information content (AvgIpc) is 2.06. The summed E-state index contributed by atoms with van der Waals surface area (Å²) in [7, 11) is 0. The van der Waals surface area contributed by atoms with Crippen LogP contribution in [0.15, 0.2) is 36.6 Å². The molecule has 1 aliphatic heterocycles. The average molecular weight is 167 g/mol. The Morgan fingerprint density at radius 3 is 2.91 bits per heavy atom. The van der Waals surface area contributed by atoms with Gasteiger partial charge in [-0.15, -0.1) is 11.6 Å². The van der Waals surface area contributed by atoms with Crippen LogP contribution >= 0.6 is 11.6 Å². The fourth-order valence-corrected chi connectivity index (χ4v) is 1.34. The van der Waals surface area contributed by atoms with E-state index in [2.05, 4.69) is 0 Å². The first kappa shape index (κ1) is 6.74. The molecule has 1 atom stereocenters. The fraction of sp³-hybridized carbons (Fsp3) is 0.111. The quantitative estimate of drug-likeness (QED) is 0.539. The van der Waals surface area contributed by atoms with Gasteiger partial charge in [-0.25, -0.2) is 0 Å². The van der Waals surface area contributed by atoms with Gasteiger partial charge in [0.2, 0.25) is 0 Å². The van der Waals surface area contributed by atoms with Gasteiger partial charge in [0, 0.05) is 5.56 Å². The van der Waals surface area contributed by atoms with Gasteiger partial charge in [-0.3, -0.25) is 0 Å². The van der Waals surface area contributed by atoms with E-state index in [1.165, 1.54) is 0 Å². The molecule has 0 amide bonds. The lowest BCUT2D eigenvalue weighted by Crippen LogP contribution is -1.97. The molecule has 0 aromatic heterocycles. The monoisotopic (exact) mass is 166 g/mol. The van der Waals surface area contributed by atoms with Crippen LogP contribution < -0.4 is 4.74 Å². The second-order valence-corrected chi connectivity index (χ2v) is 2.86. The Kier molecular flexibility index (Phi) is 1.59. The lowest BCUT2D eigenvalue weighted by atomic mass is 10.1. The van der Waals surface area contributed by atoms with Crippen molar-refractivity contribution in [3.05, 3.63) is 42.2 Å². The molecule has 1 aromatic carbocycles. The topological polar surface area (TPSA) is 9.23 Å². The summed E-state index contributed by atoms with van der Waals surface area (Å²) in [5, 5.41) is -0.0417. The SMILES string of the molecule is ClC1C=COc2ccccc21. The molecule has 0 fully saturated rings. The zero-order valence-corrected chi connectivity index (χ0v) is 6.58. The molecule has 0 radical (unpaired) electrons. The Morgan fingerprint density at radius 2 is 2.09 bits per heavy atom. The van der Waals surface area contributed by atoms with Crippen LogP contribution in [0.4, 0.5) is 0 Å². The van der Waals surface area contributed by atoms with Crippen LogP contribution in [-0.4, -0.2) is 0 Å². The van der Waals surface area contributed by atoms with Crippen LogP contribution in [-0.2, 0) is 0 Å². The number of para-hydroxylation sites is 1. The summed E-state index contributed by atoms with van der Waals surface area (Å²) in [5.74, 6) is 0.856. The highest BCUT2D eigenvalue weighted by molar-refractivity contribution is 6.22. The number of halogens is 1. The zero-order valence-electron chi connectivity index (χ0n) is 5.83. The van der Waals surface area contributed by atoms with Crippen molar-refractivity contribution in [2.75, 3.05) is 0 Å². The van der Waals surface area contributed by atoms with Crippen molar-refractivity contribution < 1.29 is 4.74 Å². The van der Waals surface area contributed by atoms with E-state index in [1.807, 2.05) is 30.3 Å². The third-order valence-corrected chi connectivity index (χ3v) is 2.04. The van der Waals surface area contributed by atoms with E-state index >= 15 is 0 Å². The molecule has 0 bridgehead atoms. The molecule has 2 heteroatoms. The van der Waals surface area contributed by atoms with E-state index in [0.717, 1.165) is 11.3 Å². The van der Waals surface area contributed by atoms with Crippen molar-refractivity contribution in [1.29, 1.82) is 0 Å². The van der Waals surface area contributed by atoms with Gasteiger partial charge in [0.1, 0.15) is 5.75 Å². The smallest absolute Gasteiger partial charge is 0.131 e. The number of rotatable bonds is 0. The highest BCUT2D eigenvalue weighted by Gasteiger charge is 2.13. The number of alkyl halides is 1. The second kappa shape index (κ2) is 2.59. The largest absolute Gasteiger partial charge is 0.465 e. The molecule has 56 valence electrons. The third-order valence-electron chi connectivity index (χ3n) is 1.66. The van der Waals surface area contributed by atoms with Gasteiger partial charge in [0.05, 0.1) is 11.6 Å². The molecular weight excluding hydrogens is 160 g/mol. The molecule has 11 heavy (non-hydrogen) atoms. The number of fused-ring (bicyclic) bond motifs is 1. The predicted molar refractivity (Wildman–Crippen MR) is 44.8 cm³/mol. The summed E-state index contributed by atoms with van der Waals surface area (Å²) >= 11 is 5.98. The van der Waals surface area contributed by atoms with E-state index < -0.39 is 0 Å². The minimum atomic E-state index is -0.0417. The van der Waals surface area contributed by atoms with Crippen molar-refractivity contribution in [3.63, 3.8) is 0 Å². The maximum absolute atomic E-state index is 5.98. The molecule has 0 saturated carbocycles. The summed E-state index contributed by atoms with van der Waals surface area (Å²) < 4.78 is 5.23. The Bertz CT molecular complexity index is 293. The minimum absolute atomic E-state index is 0.0417. The predicted octanol–water partition coefficient (Wildman–Crippen LogP) is 2.87. The van der Waals surface area contributed by atoms with Crippen molar-refractivity contribution in [1.82, 2.24) is 0 Å². The van der Waals surface area contributed by atoms with Gasteiger partial charge in [0.25, 0.3) is 0 Å². The van der Waals surface area contributed by atoms with Crippen LogP contribution in [0.25, 0.3) is 0 Å². The van der Waals surface area contributed by atoms with Gasteiger partial charge in [-0.05, 0) is 12.1 Å².